The average Bonchev–Trinajstić information content (AvgIpc) is 3.63. The number of para-hydroxylation sites is 3. The Balaban J connectivity index is 0.00000172. The van der Waals surface area contributed by atoms with Gasteiger partial charge in [-0.1, -0.05) is 129 Å². The molecule has 0 saturated carbocycles. The molecule has 0 unspecified atom stereocenters. The zero-order valence-electron chi connectivity index (χ0n) is 30.2. The van der Waals surface area contributed by atoms with Crippen LogP contribution in [0.1, 0.15) is 43.5 Å². The lowest BCUT2D eigenvalue weighted by Gasteiger charge is -2.13. The van der Waals surface area contributed by atoms with Gasteiger partial charge in [0.2, 0.25) is 0 Å². The van der Waals surface area contributed by atoms with Crippen molar-refractivity contribution in [1.29, 1.82) is 0 Å². The van der Waals surface area contributed by atoms with Crippen LogP contribution in [-0.2, 0) is 6.42 Å². The Hall–Kier alpha value is -6.38. The van der Waals surface area contributed by atoms with Crippen molar-refractivity contribution in [3.05, 3.63) is 181 Å². The van der Waals surface area contributed by atoms with Gasteiger partial charge >= 0.3 is 0 Å². The third-order valence-electron chi connectivity index (χ3n) is 11.2. The second-order valence-corrected chi connectivity index (χ2v) is 14.0. The predicted octanol–water partition coefficient (Wildman–Crippen LogP) is 14.1. The summed E-state index contributed by atoms with van der Waals surface area (Å²) in [5.74, 6) is 0. The monoisotopic (exact) mass is 680 g/mol. The largest absolute Gasteiger partial charge is 0.313 e. The molecule has 0 atom stereocenters. The van der Waals surface area contributed by atoms with Gasteiger partial charge in [0, 0.05) is 38.8 Å². The fraction of sp³-hybridized carbons (Fsp3) is 0.0980. The summed E-state index contributed by atoms with van der Waals surface area (Å²) in [7, 11) is 0. The van der Waals surface area contributed by atoms with E-state index in [1.165, 1.54) is 98.8 Å². The zero-order valence-corrected chi connectivity index (χ0v) is 30.2. The molecule has 53 heavy (non-hydrogen) atoms. The summed E-state index contributed by atoms with van der Waals surface area (Å²) in [6.07, 6.45) is 5.67. The van der Waals surface area contributed by atoms with E-state index < -0.39 is 0 Å². The molecule has 11 rings (SSSR count). The molecule has 0 amide bonds. The summed E-state index contributed by atoms with van der Waals surface area (Å²) in [5, 5.41) is 11.8. The van der Waals surface area contributed by atoms with Crippen molar-refractivity contribution in [3.63, 3.8) is 0 Å². The topological polar surface area (TPSA) is 9.86 Å². The molecule has 0 spiro atoms. The number of nitrogens with zero attached hydrogens (tertiary/aromatic N) is 2. The van der Waals surface area contributed by atoms with Crippen LogP contribution in [0.25, 0.3) is 88.1 Å². The van der Waals surface area contributed by atoms with Crippen molar-refractivity contribution in [2.45, 2.75) is 33.1 Å². The van der Waals surface area contributed by atoms with Crippen molar-refractivity contribution in [2.75, 3.05) is 0 Å². The van der Waals surface area contributed by atoms with Crippen molar-refractivity contribution < 1.29 is 0 Å². The van der Waals surface area contributed by atoms with Crippen molar-refractivity contribution >= 4 is 76.7 Å². The van der Waals surface area contributed by atoms with Gasteiger partial charge in [-0.05, 0) is 117 Å². The second kappa shape index (κ2) is 12.7. The van der Waals surface area contributed by atoms with E-state index in [1.807, 2.05) is 13.8 Å². The van der Waals surface area contributed by atoms with Gasteiger partial charge in [0.05, 0.1) is 16.6 Å². The maximum atomic E-state index is 2.54. The molecule has 0 radical (unpaired) electrons. The van der Waals surface area contributed by atoms with Gasteiger partial charge < -0.3 is 9.13 Å². The normalized spacial score (nSPS) is 13.0. The fourth-order valence-electron chi connectivity index (χ4n) is 9.00. The maximum Gasteiger partial charge on any atom is 0.0542 e. The first-order chi connectivity index (χ1) is 26.3. The van der Waals surface area contributed by atoms with Crippen molar-refractivity contribution in [2.24, 2.45) is 0 Å². The highest BCUT2D eigenvalue weighted by Crippen LogP contribution is 2.41. The van der Waals surface area contributed by atoms with Gasteiger partial charge in [0.1, 0.15) is 0 Å². The third-order valence-corrected chi connectivity index (χ3v) is 11.2. The lowest BCUT2D eigenvalue weighted by molar-refractivity contribution is 0.814. The summed E-state index contributed by atoms with van der Waals surface area (Å²) in [4.78, 5) is 0. The van der Waals surface area contributed by atoms with E-state index in [-0.39, 0.29) is 0 Å². The van der Waals surface area contributed by atoms with Gasteiger partial charge in [0.25, 0.3) is 0 Å². The average molecular weight is 681 g/mol. The Morgan fingerprint density at radius 1 is 0.377 bits per heavy atom. The standard InChI is InChI=1S/C49H34N2.C2H6/c1-2-14-34(15-3-1)50-46-22-10-9-21-42(46)45-31-35(26-28-49(45)50)51-47-23-11-8-20-41(47)44-30-32(13-12-24-48(44)51)33-25-27-40-38-18-5-4-16-36(38)37-17-6-7-19-39(37)43(40)29-33;1-2/h1-11,14-23,25-31H,12-13,24H2;1-2H3. The molecule has 2 aromatic heterocycles. The minimum Gasteiger partial charge on any atom is -0.313 e. The molecule has 0 saturated heterocycles. The second-order valence-electron chi connectivity index (χ2n) is 14.0. The number of benzene rings is 8. The van der Waals surface area contributed by atoms with Gasteiger partial charge in [-0.15, -0.1) is 0 Å². The molecule has 10 aromatic rings. The molecule has 0 bridgehead atoms. The zero-order chi connectivity index (χ0) is 35.5. The van der Waals surface area contributed by atoms with E-state index in [4.69, 9.17) is 0 Å². The van der Waals surface area contributed by atoms with Crippen molar-refractivity contribution in [1.82, 2.24) is 9.13 Å². The summed E-state index contributed by atoms with van der Waals surface area (Å²) in [6.45, 7) is 4.00. The Labute approximate surface area is 309 Å². The Morgan fingerprint density at radius 2 is 0.925 bits per heavy atom. The van der Waals surface area contributed by atoms with Crippen LogP contribution in [-0.4, -0.2) is 9.13 Å². The minimum absolute atomic E-state index is 1.02. The summed E-state index contributed by atoms with van der Waals surface area (Å²) < 4.78 is 4.94. The molecule has 2 nitrogen and oxygen atoms in total. The molecule has 2 heteroatoms. The number of hydrogen-bond acceptors (Lipinski definition) is 0. The van der Waals surface area contributed by atoms with E-state index in [1.54, 1.807) is 0 Å². The first-order valence-corrected chi connectivity index (χ1v) is 19.1. The summed E-state index contributed by atoms with van der Waals surface area (Å²) in [6, 6.07) is 60.5. The molecule has 0 N–H and O–H groups in total. The molecule has 0 aliphatic heterocycles. The molecule has 1 aliphatic rings. The Bertz CT molecular complexity index is 3010. The van der Waals surface area contributed by atoms with E-state index in [0.29, 0.717) is 0 Å². The van der Waals surface area contributed by atoms with Crippen LogP contribution >= 0.6 is 0 Å². The first kappa shape index (κ1) is 31.4. The van der Waals surface area contributed by atoms with Gasteiger partial charge in [0.15, 0.2) is 0 Å². The third kappa shape index (κ3) is 4.86. The van der Waals surface area contributed by atoms with Gasteiger partial charge in [-0.2, -0.15) is 0 Å². The van der Waals surface area contributed by atoms with Crippen LogP contribution in [0, 0.1) is 0 Å². The highest BCUT2D eigenvalue weighted by Gasteiger charge is 2.22. The van der Waals surface area contributed by atoms with E-state index in [2.05, 4.69) is 179 Å². The number of aromatic nitrogens is 2. The lowest BCUT2D eigenvalue weighted by atomic mass is 9.91. The molecular weight excluding hydrogens is 641 g/mol. The maximum absolute atomic E-state index is 2.54. The van der Waals surface area contributed by atoms with E-state index in [0.717, 1.165) is 19.3 Å². The molecule has 8 aromatic carbocycles. The Kier molecular flexibility index (Phi) is 7.51. The smallest absolute Gasteiger partial charge is 0.0542 e. The minimum atomic E-state index is 1.02. The summed E-state index contributed by atoms with van der Waals surface area (Å²) >= 11 is 0. The van der Waals surface area contributed by atoms with Crippen LogP contribution in [0.3, 0.4) is 0 Å². The van der Waals surface area contributed by atoms with E-state index in [9.17, 15) is 0 Å². The molecular formula is C51H40N2. The van der Waals surface area contributed by atoms with Crippen LogP contribution in [0.2, 0.25) is 0 Å². The predicted molar refractivity (Wildman–Crippen MR) is 229 cm³/mol. The van der Waals surface area contributed by atoms with E-state index >= 15 is 0 Å². The quantitative estimate of drug-likeness (QED) is 0.164. The SMILES string of the molecule is C1=C(c2ccc3c4ccccc4c4ccccc4c3c2)CCCc2c1c1ccccc1n2-c1ccc2c(c1)c1ccccc1n2-c1ccccc1.CC. The first-order valence-electron chi connectivity index (χ1n) is 19.1. The highest BCUT2D eigenvalue weighted by molar-refractivity contribution is 6.25. The van der Waals surface area contributed by atoms with Gasteiger partial charge in [-0.3, -0.25) is 0 Å². The number of allylic oxidation sites excluding steroid dienone is 1. The molecule has 1 aliphatic carbocycles. The van der Waals surface area contributed by atoms with Crippen LogP contribution in [0.5, 0.6) is 0 Å². The van der Waals surface area contributed by atoms with Crippen LogP contribution in [0.15, 0.2) is 164 Å². The van der Waals surface area contributed by atoms with Crippen LogP contribution in [0.4, 0.5) is 0 Å². The summed E-state index contributed by atoms with van der Waals surface area (Å²) in [5.41, 5.74) is 11.6. The van der Waals surface area contributed by atoms with Gasteiger partial charge in [-0.25, -0.2) is 0 Å². The molecule has 0 fully saturated rings. The Morgan fingerprint density at radius 3 is 1.62 bits per heavy atom. The number of hydrogen-bond donors (Lipinski definition) is 0. The lowest BCUT2D eigenvalue weighted by Crippen LogP contribution is -2.01. The molecule has 254 valence electrons. The van der Waals surface area contributed by atoms with Crippen LogP contribution < -0.4 is 0 Å². The van der Waals surface area contributed by atoms with Crippen molar-refractivity contribution in [3.8, 4) is 11.4 Å². The number of fused-ring (bicyclic) bond motifs is 12. The highest BCUT2D eigenvalue weighted by atomic mass is 15.0. The fourth-order valence-corrected chi connectivity index (χ4v) is 9.00. The number of rotatable bonds is 3. The molecule has 2 heterocycles.